The molecular formula is C46H30N2OS. The second-order valence-corrected chi connectivity index (χ2v) is 13.7. The number of rotatable bonds is 6. The van der Waals surface area contributed by atoms with Crippen LogP contribution in [0.3, 0.4) is 0 Å². The molecule has 4 heteroatoms. The van der Waals surface area contributed by atoms with Crippen molar-refractivity contribution < 1.29 is 4.42 Å². The molecule has 236 valence electrons. The van der Waals surface area contributed by atoms with E-state index in [2.05, 4.69) is 180 Å². The third-order valence-electron chi connectivity index (χ3n) is 9.62. The lowest BCUT2D eigenvalue weighted by Gasteiger charge is -2.28. The van der Waals surface area contributed by atoms with Gasteiger partial charge in [0.05, 0.1) is 0 Å². The van der Waals surface area contributed by atoms with E-state index in [1.165, 1.54) is 30.9 Å². The van der Waals surface area contributed by atoms with E-state index in [9.17, 15) is 0 Å². The number of thiophene rings is 1. The van der Waals surface area contributed by atoms with Crippen molar-refractivity contribution >= 4 is 98.3 Å². The second kappa shape index (κ2) is 11.7. The summed E-state index contributed by atoms with van der Waals surface area (Å²) in [5.74, 6) is 0. The average Bonchev–Trinajstić information content (AvgIpc) is 3.75. The summed E-state index contributed by atoms with van der Waals surface area (Å²) in [4.78, 5) is 4.64. The standard InChI is InChI=1S/C46H30N2OS/c1-3-12-32(13-4-1)47(36-25-28-44-41(29-36)46-38-16-8-7-11-31(38)19-27-45(46)50-44)34-20-22-35(23-21-34)48(33-14-5-2-6-15-33)37-24-26-40-39-17-9-10-18-42(39)49-43(40)30-37/h1-30H. The first-order valence-corrected chi connectivity index (χ1v) is 17.7. The van der Waals surface area contributed by atoms with Gasteiger partial charge >= 0.3 is 0 Å². The fourth-order valence-corrected chi connectivity index (χ4v) is 8.43. The molecule has 0 saturated heterocycles. The highest BCUT2D eigenvalue weighted by Gasteiger charge is 2.19. The molecule has 3 nitrogen and oxygen atoms in total. The quantitative estimate of drug-likeness (QED) is 0.177. The van der Waals surface area contributed by atoms with E-state index >= 15 is 0 Å². The van der Waals surface area contributed by atoms with Crippen molar-refractivity contribution in [1.29, 1.82) is 0 Å². The van der Waals surface area contributed by atoms with Gasteiger partial charge in [-0.25, -0.2) is 0 Å². The topological polar surface area (TPSA) is 19.6 Å². The zero-order valence-electron chi connectivity index (χ0n) is 27.0. The third kappa shape index (κ3) is 4.73. The van der Waals surface area contributed by atoms with Crippen LogP contribution in [0.2, 0.25) is 0 Å². The van der Waals surface area contributed by atoms with Crippen LogP contribution in [0.1, 0.15) is 0 Å². The first kappa shape index (κ1) is 28.6. The van der Waals surface area contributed by atoms with E-state index in [0.717, 1.165) is 56.1 Å². The maximum atomic E-state index is 6.31. The Labute approximate surface area is 293 Å². The summed E-state index contributed by atoms with van der Waals surface area (Å²) >= 11 is 1.86. The molecule has 0 N–H and O–H groups in total. The molecule has 2 aromatic heterocycles. The molecule has 0 radical (unpaired) electrons. The molecule has 2 heterocycles. The van der Waals surface area contributed by atoms with Crippen LogP contribution < -0.4 is 9.80 Å². The summed E-state index contributed by atoms with van der Waals surface area (Å²) < 4.78 is 8.91. The number of furan rings is 1. The highest BCUT2D eigenvalue weighted by molar-refractivity contribution is 7.26. The monoisotopic (exact) mass is 658 g/mol. The van der Waals surface area contributed by atoms with Crippen LogP contribution in [-0.2, 0) is 0 Å². The van der Waals surface area contributed by atoms with Gasteiger partial charge in [0.25, 0.3) is 0 Å². The van der Waals surface area contributed by atoms with Gasteiger partial charge in [-0.05, 0) is 102 Å². The molecule has 10 aromatic rings. The molecule has 0 saturated carbocycles. The predicted octanol–water partition coefficient (Wildman–Crippen LogP) is 14.0. The minimum Gasteiger partial charge on any atom is -0.456 e. The Hall–Kier alpha value is -6.36. The van der Waals surface area contributed by atoms with E-state index in [1.807, 2.05) is 23.5 Å². The van der Waals surface area contributed by atoms with Crippen molar-refractivity contribution in [1.82, 2.24) is 0 Å². The number of para-hydroxylation sites is 3. The summed E-state index contributed by atoms with van der Waals surface area (Å²) in [6.45, 7) is 0. The Morgan fingerprint density at radius 2 is 0.860 bits per heavy atom. The van der Waals surface area contributed by atoms with Gasteiger partial charge in [-0.1, -0.05) is 84.9 Å². The number of anilines is 6. The molecule has 8 aromatic carbocycles. The van der Waals surface area contributed by atoms with E-state index in [1.54, 1.807) is 0 Å². The SMILES string of the molecule is c1ccc(N(c2ccc(N(c3ccccc3)c3ccc4sc5ccc6ccccc6c5c4c3)cc2)c2ccc3c(c2)oc2ccccc23)cc1. The summed E-state index contributed by atoms with van der Waals surface area (Å²) in [6, 6.07) is 64.9. The van der Waals surface area contributed by atoms with Crippen molar-refractivity contribution in [3.8, 4) is 0 Å². The van der Waals surface area contributed by atoms with E-state index in [0.29, 0.717) is 0 Å². The molecular weight excluding hydrogens is 629 g/mol. The highest BCUT2D eigenvalue weighted by atomic mass is 32.1. The normalized spacial score (nSPS) is 11.6. The number of benzene rings is 8. The molecule has 0 atom stereocenters. The summed E-state index contributed by atoms with van der Waals surface area (Å²) in [5, 5.41) is 7.43. The van der Waals surface area contributed by atoms with Gasteiger partial charge in [-0.15, -0.1) is 11.3 Å². The maximum Gasteiger partial charge on any atom is 0.137 e. The van der Waals surface area contributed by atoms with E-state index in [-0.39, 0.29) is 0 Å². The Morgan fingerprint density at radius 3 is 1.58 bits per heavy atom. The Morgan fingerprint density at radius 1 is 0.340 bits per heavy atom. The number of fused-ring (bicyclic) bond motifs is 8. The van der Waals surface area contributed by atoms with Crippen LogP contribution in [0.5, 0.6) is 0 Å². The zero-order chi connectivity index (χ0) is 33.0. The van der Waals surface area contributed by atoms with Gasteiger partial charge in [-0.3, -0.25) is 0 Å². The number of hydrogen-bond donors (Lipinski definition) is 0. The molecule has 10 rings (SSSR count). The molecule has 0 amide bonds. The molecule has 0 bridgehead atoms. The summed E-state index contributed by atoms with van der Waals surface area (Å²) in [5.41, 5.74) is 8.28. The average molecular weight is 659 g/mol. The highest BCUT2D eigenvalue weighted by Crippen LogP contribution is 2.44. The summed E-state index contributed by atoms with van der Waals surface area (Å²) in [6.07, 6.45) is 0. The fraction of sp³-hybridized carbons (Fsp3) is 0. The molecule has 50 heavy (non-hydrogen) atoms. The minimum absolute atomic E-state index is 0.876. The number of hydrogen-bond acceptors (Lipinski definition) is 4. The van der Waals surface area contributed by atoms with Crippen LogP contribution in [0.25, 0.3) is 52.9 Å². The van der Waals surface area contributed by atoms with Crippen molar-refractivity contribution in [3.63, 3.8) is 0 Å². The fourth-order valence-electron chi connectivity index (χ4n) is 7.33. The molecule has 0 aliphatic carbocycles. The van der Waals surface area contributed by atoms with Crippen LogP contribution in [0, 0.1) is 0 Å². The van der Waals surface area contributed by atoms with Gasteiger partial charge in [0, 0.05) is 71.1 Å². The lowest BCUT2D eigenvalue weighted by molar-refractivity contribution is 0.669. The van der Waals surface area contributed by atoms with Gasteiger partial charge < -0.3 is 14.2 Å². The largest absolute Gasteiger partial charge is 0.456 e. The van der Waals surface area contributed by atoms with E-state index < -0.39 is 0 Å². The van der Waals surface area contributed by atoms with Gasteiger partial charge in [0.1, 0.15) is 11.2 Å². The maximum absolute atomic E-state index is 6.31. The van der Waals surface area contributed by atoms with Crippen LogP contribution >= 0.6 is 11.3 Å². The van der Waals surface area contributed by atoms with Crippen LogP contribution in [-0.4, -0.2) is 0 Å². The molecule has 0 spiro atoms. The molecule has 0 unspecified atom stereocenters. The lowest BCUT2D eigenvalue weighted by Crippen LogP contribution is -2.12. The summed E-state index contributed by atoms with van der Waals surface area (Å²) in [7, 11) is 0. The van der Waals surface area contributed by atoms with Crippen molar-refractivity contribution in [2.45, 2.75) is 0 Å². The smallest absolute Gasteiger partial charge is 0.137 e. The van der Waals surface area contributed by atoms with Gasteiger partial charge in [0.2, 0.25) is 0 Å². The Bertz CT molecular complexity index is 2820. The van der Waals surface area contributed by atoms with Gasteiger partial charge in [0.15, 0.2) is 0 Å². The second-order valence-electron chi connectivity index (χ2n) is 12.6. The lowest BCUT2D eigenvalue weighted by atomic mass is 10.0. The number of nitrogens with zero attached hydrogens (tertiary/aromatic N) is 2. The van der Waals surface area contributed by atoms with Crippen molar-refractivity contribution in [2.75, 3.05) is 9.80 Å². The van der Waals surface area contributed by atoms with Crippen molar-refractivity contribution in [3.05, 3.63) is 182 Å². The van der Waals surface area contributed by atoms with Gasteiger partial charge in [-0.2, -0.15) is 0 Å². The van der Waals surface area contributed by atoms with Crippen LogP contribution in [0.15, 0.2) is 186 Å². The predicted molar refractivity (Wildman–Crippen MR) is 213 cm³/mol. The minimum atomic E-state index is 0.876. The zero-order valence-corrected chi connectivity index (χ0v) is 27.8. The van der Waals surface area contributed by atoms with Crippen molar-refractivity contribution in [2.24, 2.45) is 0 Å². The first-order valence-electron chi connectivity index (χ1n) is 16.8. The molecule has 0 aliphatic rings. The first-order chi connectivity index (χ1) is 24.8. The molecule has 0 fully saturated rings. The Kier molecular flexibility index (Phi) is 6.68. The van der Waals surface area contributed by atoms with E-state index in [4.69, 9.17) is 4.42 Å². The van der Waals surface area contributed by atoms with Crippen LogP contribution in [0.4, 0.5) is 34.1 Å². The third-order valence-corrected chi connectivity index (χ3v) is 10.8. The Balaban J connectivity index is 1.10. The molecule has 0 aliphatic heterocycles.